The van der Waals surface area contributed by atoms with Crippen molar-refractivity contribution in [2.45, 2.75) is 51.5 Å². The number of ketones is 1. The summed E-state index contributed by atoms with van der Waals surface area (Å²) < 4.78 is 0. The molecule has 3 aliphatic rings. The highest BCUT2D eigenvalue weighted by Crippen LogP contribution is 2.37. The fraction of sp³-hybridized carbons (Fsp3) is 0.440. The van der Waals surface area contributed by atoms with E-state index in [1.807, 2.05) is 17.0 Å². The summed E-state index contributed by atoms with van der Waals surface area (Å²) >= 11 is 0. The Hall–Kier alpha value is -2.17. The lowest BCUT2D eigenvalue weighted by Gasteiger charge is -2.28. The summed E-state index contributed by atoms with van der Waals surface area (Å²) in [7, 11) is 0. The van der Waals surface area contributed by atoms with E-state index in [9.17, 15) is 9.59 Å². The Bertz CT molecular complexity index is 972. The summed E-state index contributed by atoms with van der Waals surface area (Å²) in [5.74, 6) is 0.485. The largest absolute Gasteiger partial charge is 0.312 e. The van der Waals surface area contributed by atoms with E-state index < -0.39 is 0 Å². The normalized spacial score (nSPS) is 17.3. The molecule has 5 rings (SSSR count). The second-order valence-corrected chi connectivity index (χ2v) is 8.61. The van der Waals surface area contributed by atoms with Gasteiger partial charge in [-0.15, -0.1) is 12.4 Å². The number of Topliss-reactive ketones (excluding diaryl/α,β-unsaturated/α-hetero) is 1. The van der Waals surface area contributed by atoms with Gasteiger partial charge in [-0.2, -0.15) is 0 Å². The van der Waals surface area contributed by atoms with Crippen molar-refractivity contribution >= 4 is 29.8 Å². The molecule has 0 bridgehead atoms. The zero-order valence-electron chi connectivity index (χ0n) is 17.4. The molecule has 0 aromatic heterocycles. The molecule has 3 aliphatic heterocycles. The lowest BCUT2D eigenvalue weighted by molar-refractivity contribution is -0.118. The number of hydrogen-bond acceptors (Lipinski definition) is 3. The minimum absolute atomic E-state index is 0. The number of fused-ring (bicyclic) bond motifs is 1. The first-order valence-corrected chi connectivity index (χ1v) is 11.0. The van der Waals surface area contributed by atoms with Crippen molar-refractivity contribution in [1.82, 2.24) is 4.90 Å². The first-order chi connectivity index (χ1) is 14.2. The number of hydrogen-bond donors (Lipinski definition) is 0. The topological polar surface area (TPSA) is 40.6 Å². The summed E-state index contributed by atoms with van der Waals surface area (Å²) in [4.78, 5) is 29.3. The number of benzene rings is 2. The van der Waals surface area contributed by atoms with E-state index in [0.717, 1.165) is 69.5 Å². The van der Waals surface area contributed by atoms with Gasteiger partial charge in [0.2, 0.25) is 5.91 Å². The zero-order chi connectivity index (χ0) is 19.8. The third-order valence-corrected chi connectivity index (χ3v) is 6.71. The van der Waals surface area contributed by atoms with Gasteiger partial charge in [0.1, 0.15) is 0 Å². The molecule has 0 N–H and O–H groups in total. The van der Waals surface area contributed by atoms with E-state index in [1.54, 1.807) is 0 Å². The monoisotopic (exact) mass is 424 g/mol. The van der Waals surface area contributed by atoms with Crippen LogP contribution in [0.25, 0.3) is 0 Å². The minimum Gasteiger partial charge on any atom is -0.312 e. The van der Waals surface area contributed by atoms with E-state index in [-0.39, 0.29) is 24.1 Å². The Kier molecular flexibility index (Phi) is 6.26. The maximum Gasteiger partial charge on any atom is 0.227 e. The molecule has 158 valence electrons. The highest BCUT2D eigenvalue weighted by atomic mass is 35.5. The minimum atomic E-state index is 0. The molecular formula is C25H29ClN2O2. The molecule has 2 aromatic rings. The van der Waals surface area contributed by atoms with Crippen molar-refractivity contribution in [3.05, 3.63) is 64.2 Å². The molecule has 30 heavy (non-hydrogen) atoms. The number of halogens is 1. The smallest absolute Gasteiger partial charge is 0.227 e. The Labute approximate surface area is 184 Å². The molecular weight excluding hydrogens is 396 g/mol. The fourth-order valence-corrected chi connectivity index (χ4v) is 5.13. The average molecular weight is 425 g/mol. The van der Waals surface area contributed by atoms with Gasteiger partial charge in [-0.3, -0.25) is 14.5 Å². The van der Waals surface area contributed by atoms with Crippen molar-refractivity contribution in [3.8, 4) is 0 Å². The van der Waals surface area contributed by atoms with Crippen LogP contribution < -0.4 is 4.90 Å². The van der Waals surface area contributed by atoms with Gasteiger partial charge in [-0.25, -0.2) is 0 Å². The molecule has 0 unspecified atom stereocenters. The van der Waals surface area contributed by atoms with E-state index >= 15 is 0 Å². The van der Waals surface area contributed by atoms with Crippen molar-refractivity contribution in [2.75, 3.05) is 24.5 Å². The molecule has 1 amide bonds. The van der Waals surface area contributed by atoms with E-state index in [2.05, 4.69) is 29.2 Å². The van der Waals surface area contributed by atoms with Crippen LogP contribution in [0.15, 0.2) is 36.4 Å². The zero-order valence-corrected chi connectivity index (χ0v) is 18.2. The van der Waals surface area contributed by atoms with Crippen molar-refractivity contribution in [3.63, 3.8) is 0 Å². The molecule has 0 fully saturated rings. The first-order valence-electron chi connectivity index (χ1n) is 11.0. The Morgan fingerprint density at radius 2 is 1.60 bits per heavy atom. The number of carbonyl (C=O) groups is 2. The maximum absolute atomic E-state index is 12.8. The third kappa shape index (κ3) is 4.03. The number of rotatable bonds is 6. The summed E-state index contributed by atoms with van der Waals surface area (Å²) in [6.45, 7) is 3.99. The van der Waals surface area contributed by atoms with Gasteiger partial charge in [0.05, 0.1) is 5.69 Å². The van der Waals surface area contributed by atoms with Crippen LogP contribution in [0.5, 0.6) is 0 Å². The highest BCUT2D eigenvalue weighted by molar-refractivity contribution is 6.02. The van der Waals surface area contributed by atoms with Crippen LogP contribution in [0.3, 0.4) is 0 Å². The Morgan fingerprint density at radius 3 is 2.43 bits per heavy atom. The van der Waals surface area contributed by atoms with Gasteiger partial charge < -0.3 is 4.90 Å². The molecule has 0 radical (unpaired) electrons. The number of carbonyl (C=O) groups excluding carboxylic acids is 2. The van der Waals surface area contributed by atoms with Crippen molar-refractivity contribution in [1.29, 1.82) is 0 Å². The molecule has 0 saturated carbocycles. The predicted octanol–water partition coefficient (Wildman–Crippen LogP) is 4.36. The van der Waals surface area contributed by atoms with E-state index in [1.165, 1.54) is 22.3 Å². The van der Waals surface area contributed by atoms with Gasteiger partial charge in [-0.05, 0) is 73.0 Å². The van der Waals surface area contributed by atoms with Gasteiger partial charge in [0.25, 0.3) is 0 Å². The highest BCUT2D eigenvalue weighted by Gasteiger charge is 2.31. The Morgan fingerprint density at radius 1 is 0.867 bits per heavy atom. The summed E-state index contributed by atoms with van der Waals surface area (Å²) in [6, 6.07) is 12.8. The molecule has 0 spiro atoms. The standard InChI is InChI=1S/C25H28N2O2.ClH/c28-23(7-3-4-12-26-13-10-18-5-1-2-6-21(18)17-26)22-15-19-8-9-24(29)27-14-11-20(16-22)25(19)27;/h1-2,5-6,15-16H,3-4,7-14,17H2;1H. The third-order valence-electron chi connectivity index (χ3n) is 6.71. The van der Waals surface area contributed by atoms with Gasteiger partial charge in [-0.1, -0.05) is 24.3 Å². The van der Waals surface area contributed by atoms with Crippen LogP contribution in [0.2, 0.25) is 0 Å². The summed E-state index contributed by atoms with van der Waals surface area (Å²) in [6.07, 6.45) is 5.98. The van der Waals surface area contributed by atoms with Crippen LogP contribution in [0, 0.1) is 0 Å². The number of nitrogens with zero attached hydrogens (tertiary/aromatic N) is 2. The molecule has 2 aromatic carbocycles. The van der Waals surface area contributed by atoms with Crippen molar-refractivity contribution in [2.24, 2.45) is 0 Å². The molecule has 0 atom stereocenters. The molecule has 5 heteroatoms. The van der Waals surface area contributed by atoms with Crippen LogP contribution in [0.4, 0.5) is 5.69 Å². The molecule has 4 nitrogen and oxygen atoms in total. The van der Waals surface area contributed by atoms with E-state index in [0.29, 0.717) is 12.8 Å². The van der Waals surface area contributed by atoms with Crippen LogP contribution >= 0.6 is 12.4 Å². The summed E-state index contributed by atoms with van der Waals surface area (Å²) in [5.41, 5.74) is 7.26. The van der Waals surface area contributed by atoms with E-state index in [4.69, 9.17) is 0 Å². The second-order valence-electron chi connectivity index (χ2n) is 8.61. The number of anilines is 1. The molecule has 0 saturated heterocycles. The van der Waals surface area contributed by atoms with Gasteiger partial charge >= 0.3 is 0 Å². The number of aryl methyl sites for hydroxylation is 1. The van der Waals surface area contributed by atoms with Crippen molar-refractivity contribution < 1.29 is 9.59 Å². The number of amides is 1. The van der Waals surface area contributed by atoms with Crippen LogP contribution in [-0.2, 0) is 30.6 Å². The van der Waals surface area contributed by atoms with Crippen LogP contribution in [-0.4, -0.2) is 36.2 Å². The SMILES string of the molecule is Cl.O=C(CCCCN1CCc2ccccc2C1)c1cc2c3c(c1)CCN3C(=O)CC2. The maximum atomic E-state index is 12.8. The summed E-state index contributed by atoms with van der Waals surface area (Å²) in [5, 5.41) is 0. The molecule has 3 heterocycles. The molecule has 0 aliphatic carbocycles. The Balaban J connectivity index is 0.00000218. The quantitative estimate of drug-likeness (QED) is 0.511. The average Bonchev–Trinajstić information content (AvgIpc) is 3.19. The fourth-order valence-electron chi connectivity index (χ4n) is 5.13. The van der Waals surface area contributed by atoms with Gasteiger partial charge in [0, 0.05) is 38.0 Å². The second kappa shape index (κ2) is 8.91. The lowest BCUT2D eigenvalue weighted by Crippen LogP contribution is -2.32. The lowest BCUT2D eigenvalue weighted by atomic mass is 9.94. The number of unbranched alkanes of at least 4 members (excludes halogenated alkanes) is 1. The first kappa shape index (κ1) is 21.1. The predicted molar refractivity (Wildman–Crippen MR) is 122 cm³/mol. The van der Waals surface area contributed by atoms with Crippen LogP contribution in [0.1, 0.15) is 58.3 Å². The van der Waals surface area contributed by atoms with Gasteiger partial charge in [0.15, 0.2) is 5.78 Å².